The highest BCUT2D eigenvalue weighted by Crippen LogP contribution is 2.38. The van der Waals surface area contributed by atoms with E-state index in [1.54, 1.807) is 0 Å². The van der Waals surface area contributed by atoms with Gasteiger partial charge in [0.05, 0.1) is 14.7 Å². The Balaban J connectivity index is 1.80. The van der Waals surface area contributed by atoms with Crippen LogP contribution in [0.5, 0.6) is 0 Å². The molecule has 2 aromatic carbocycles. The predicted octanol–water partition coefficient (Wildman–Crippen LogP) is 6.06. The third-order valence-corrected chi connectivity index (χ3v) is 7.76. The lowest BCUT2D eigenvalue weighted by molar-refractivity contribution is 0.0699. The zero-order valence-electron chi connectivity index (χ0n) is 13.3. The average molecular weight is 477 g/mol. The molecule has 1 aromatic heterocycles. The van der Waals surface area contributed by atoms with Gasteiger partial charge >= 0.3 is 0 Å². The molecule has 0 radical (unpaired) electrons. The molecule has 1 aliphatic heterocycles. The largest absolute Gasteiger partial charge is 0.326 e. The smallest absolute Gasteiger partial charge is 0.264 e. The van der Waals surface area contributed by atoms with E-state index in [4.69, 9.17) is 0 Å². The fourth-order valence-corrected chi connectivity index (χ4v) is 5.37. The highest BCUT2D eigenvalue weighted by atomic mass is 79.9. The first-order chi connectivity index (χ1) is 12.1. The Hall–Kier alpha value is -1.43. The second-order valence-electron chi connectivity index (χ2n) is 5.99. The zero-order valence-corrected chi connectivity index (χ0v) is 17.3. The topological polar surface area (TPSA) is 20.3 Å². The molecule has 0 aliphatic carbocycles. The first-order valence-electron chi connectivity index (χ1n) is 8.03. The summed E-state index contributed by atoms with van der Waals surface area (Å²) in [7, 11) is 0. The van der Waals surface area contributed by atoms with E-state index in [2.05, 4.69) is 68.3 Å². The van der Waals surface area contributed by atoms with Gasteiger partial charge in [0, 0.05) is 11.0 Å². The molecule has 0 N–H and O–H groups in total. The summed E-state index contributed by atoms with van der Waals surface area (Å²) in [5.41, 5.74) is 3.70. The van der Waals surface area contributed by atoms with Crippen molar-refractivity contribution in [2.45, 2.75) is 12.5 Å². The first-order valence-corrected chi connectivity index (χ1v) is 10.4. The second-order valence-corrected chi connectivity index (χ2v) is 9.22. The van der Waals surface area contributed by atoms with Crippen LogP contribution in [0.2, 0.25) is 0 Å². The average Bonchev–Trinajstić information content (AvgIpc) is 2.99. The summed E-state index contributed by atoms with van der Waals surface area (Å²) in [4.78, 5) is 16.0. The highest BCUT2D eigenvalue weighted by Gasteiger charge is 2.33. The van der Waals surface area contributed by atoms with Crippen LogP contribution in [0.25, 0.3) is 0 Å². The van der Waals surface area contributed by atoms with E-state index >= 15 is 0 Å². The highest BCUT2D eigenvalue weighted by molar-refractivity contribution is 9.13. The number of hydrogen-bond donors (Lipinski definition) is 0. The van der Waals surface area contributed by atoms with E-state index in [9.17, 15) is 4.79 Å². The first kappa shape index (κ1) is 17.0. The summed E-state index contributed by atoms with van der Waals surface area (Å²) in [5, 5.41) is 0. The number of benzene rings is 2. The molecule has 0 saturated heterocycles. The summed E-state index contributed by atoms with van der Waals surface area (Å²) in [6, 6.07) is 20.6. The number of nitrogens with zero attached hydrogens (tertiary/aromatic N) is 1. The molecular weight excluding hydrogens is 462 g/mol. The lowest BCUT2D eigenvalue weighted by Crippen LogP contribution is -2.40. The van der Waals surface area contributed by atoms with Crippen molar-refractivity contribution in [3.05, 3.63) is 90.5 Å². The van der Waals surface area contributed by atoms with Gasteiger partial charge in [-0.3, -0.25) is 4.79 Å². The molecule has 0 fully saturated rings. The number of fused-ring (bicyclic) bond motifs is 1. The predicted molar refractivity (Wildman–Crippen MR) is 109 cm³/mol. The molecule has 1 atom stereocenters. The van der Waals surface area contributed by atoms with Crippen LogP contribution in [0.15, 0.2) is 68.9 Å². The maximum Gasteiger partial charge on any atom is 0.264 e. The van der Waals surface area contributed by atoms with Gasteiger partial charge in [0.1, 0.15) is 0 Å². The summed E-state index contributed by atoms with van der Waals surface area (Å²) >= 11 is 8.46. The molecule has 0 bridgehead atoms. The fourth-order valence-electron chi connectivity index (χ4n) is 3.37. The maximum absolute atomic E-state index is 13.3. The van der Waals surface area contributed by atoms with Crippen LogP contribution >= 0.6 is 43.2 Å². The Labute approximate surface area is 167 Å². The molecule has 25 heavy (non-hydrogen) atoms. The van der Waals surface area contributed by atoms with E-state index in [0.29, 0.717) is 0 Å². The molecule has 1 unspecified atom stereocenters. The van der Waals surface area contributed by atoms with Gasteiger partial charge < -0.3 is 4.90 Å². The van der Waals surface area contributed by atoms with Crippen molar-refractivity contribution in [3.8, 4) is 0 Å². The molecular formula is C20H15Br2NOS. The van der Waals surface area contributed by atoms with Crippen molar-refractivity contribution in [1.82, 2.24) is 4.90 Å². The van der Waals surface area contributed by atoms with Gasteiger partial charge in [-0.2, -0.15) is 0 Å². The Morgan fingerprint density at radius 1 is 1.04 bits per heavy atom. The molecule has 1 amide bonds. The Kier molecular flexibility index (Phi) is 4.80. The standard InChI is InChI=1S/C20H15Br2NOS/c21-16-12-17(25-19(16)22)20(24)23-11-10-13-6-4-5-9-15(13)18(23)14-7-2-1-3-8-14/h1-9,12,18H,10-11H2. The van der Waals surface area contributed by atoms with Crippen molar-refractivity contribution in [1.29, 1.82) is 0 Å². The molecule has 1 aliphatic rings. The quantitative estimate of drug-likeness (QED) is 0.440. The van der Waals surface area contributed by atoms with Crippen molar-refractivity contribution in [2.75, 3.05) is 6.54 Å². The number of carbonyl (C=O) groups excluding carboxylic acids is 1. The minimum Gasteiger partial charge on any atom is -0.326 e. The molecule has 3 aromatic rings. The van der Waals surface area contributed by atoms with Gasteiger partial charge in [0.25, 0.3) is 5.91 Å². The van der Waals surface area contributed by atoms with Gasteiger partial charge in [-0.1, -0.05) is 54.6 Å². The third kappa shape index (κ3) is 3.21. The van der Waals surface area contributed by atoms with Gasteiger partial charge in [-0.15, -0.1) is 11.3 Å². The van der Waals surface area contributed by atoms with Crippen molar-refractivity contribution < 1.29 is 4.79 Å². The minimum atomic E-state index is -0.0432. The molecule has 4 rings (SSSR count). The monoisotopic (exact) mass is 475 g/mol. The van der Waals surface area contributed by atoms with Crippen LogP contribution in [0.1, 0.15) is 32.4 Å². The lowest BCUT2D eigenvalue weighted by Gasteiger charge is -2.37. The number of halogens is 2. The van der Waals surface area contributed by atoms with E-state index < -0.39 is 0 Å². The number of carbonyl (C=O) groups is 1. The van der Waals surface area contributed by atoms with Gasteiger partial charge in [0.2, 0.25) is 0 Å². The van der Waals surface area contributed by atoms with Crippen molar-refractivity contribution in [2.24, 2.45) is 0 Å². The van der Waals surface area contributed by atoms with Crippen LogP contribution < -0.4 is 0 Å². The van der Waals surface area contributed by atoms with Crippen LogP contribution in [-0.4, -0.2) is 17.4 Å². The van der Waals surface area contributed by atoms with E-state index in [1.165, 1.54) is 22.5 Å². The van der Waals surface area contributed by atoms with Crippen LogP contribution in [0.3, 0.4) is 0 Å². The number of thiophene rings is 1. The van der Waals surface area contributed by atoms with E-state index in [0.717, 1.165) is 31.7 Å². The molecule has 0 spiro atoms. The zero-order chi connectivity index (χ0) is 17.4. The number of rotatable bonds is 2. The van der Waals surface area contributed by atoms with Gasteiger partial charge in [-0.05, 0) is 61.0 Å². The third-order valence-electron chi connectivity index (χ3n) is 4.52. The minimum absolute atomic E-state index is 0.0432. The molecule has 5 heteroatoms. The Morgan fingerprint density at radius 2 is 1.76 bits per heavy atom. The number of amides is 1. The van der Waals surface area contributed by atoms with E-state index in [1.807, 2.05) is 29.2 Å². The Morgan fingerprint density at radius 3 is 2.48 bits per heavy atom. The van der Waals surface area contributed by atoms with Crippen LogP contribution in [0, 0.1) is 0 Å². The van der Waals surface area contributed by atoms with E-state index in [-0.39, 0.29) is 11.9 Å². The normalized spacial score (nSPS) is 16.6. The lowest BCUT2D eigenvalue weighted by atomic mass is 9.88. The molecule has 0 saturated carbocycles. The van der Waals surface area contributed by atoms with Crippen molar-refractivity contribution >= 4 is 49.1 Å². The van der Waals surface area contributed by atoms with Crippen LogP contribution in [-0.2, 0) is 6.42 Å². The van der Waals surface area contributed by atoms with Crippen LogP contribution in [0.4, 0.5) is 0 Å². The second kappa shape index (κ2) is 7.06. The number of hydrogen-bond acceptors (Lipinski definition) is 2. The van der Waals surface area contributed by atoms with Gasteiger partial charge in [0.15, 0.2) is 0 Å². The van der Waals surface area contributed by atoms with Gasteiger partial charge in [-0.25, -0.2) is 0 Å². The molecule has 126 valence electrons. The van der Waals surface area contributed by atoms with Crippen molar-refractivity contribution in [3.63, 3.8) is 0 Å². The summed E-state index contributed by atoms with van der Waals surface area (Å²) in [6.45, 7) is 0.725. The molecule has 2 nitrogen and oxygen atoms in total. The molecule has 2 heterocycles. The Bertz CT molecular complexity index is 903. The summed E-state index contributed by atoms with van der Waals surface area (Å²) in [5.74, 6) is 0.0831. The maximum atomic E-state index is 13.3. The SMILES string of the molecule is O=C(c1cc(Br)c(Br)s1)N1CCc2ccccc2C1c1ccccc1. The summed E-state index contributed by atoms with van der Waals surface area (Å²) < 4.78 is 1.87. The fraction of sp³-hybridized carbons (Fsp3) is 0.150. The summed E-state index contributed by atoms with van der Waals surface area (Å²) in [6.07, 6.45) is 0.888.